The Morgan fingerprint density at radius 2 is 1.35 bits per heavy atom. The number of para-hydroxylation sites is 1. The van der Waals surface area contributed by atoms with E-state index in [-0.39, 0.29) is 9.79 Å². The van der Waals surface area contributed by atoms with Gasteiger partial charge in [-0.25, -0.2) is 0 Å². The SMILES string of the molecule is CCCCN(c1ccc2c(-c3ccccc3S(=O)(=O)O)c3ccc(=[N+](CCCC)c4c(C)cc(S(=O)(=O)O)cc4C)cc-3oc2c1)c1c(C)cccc1C. The van der Waals surface area contributed by atoms with Crippen molar-refractivity contribution in [2.24, 2.45) is 0 Å². The molecule has 11 heteroatoms. The Kier molecular flexibility index (Phi) is 11.2. The molecule has 4 aromatic rings. The van der Waals surface area contributed by atoms with Crippen LogP contribution in [0.5, 0.6) is 0 Å². The third-order valence-electron chi connectivity index (χ3n) is 9.96. The lowest BCUT2D eigenvalue weighted by atomic mass is 9.93. The molecule has 0 fully saturated rings. The van der Waals surface area contributed by atoms with Gasteiger partial charge in [0.05, 0.1) is 11.0 Å². The molecule has 282 valence electrons. The van der Waals surface area contributed by atoms with Crippen molar-refractivity contribution in [3.8, 4) is 22.5 Å². The topological polar surface area (TPSA) is 128 Å². The first-order valence-corrected chi connectivity index (χ1v) is 21.1. The number of unbranched alkanes of at least 4 members (excludes halogenated alkanes) is 2. The zero-order valence-electron chi connectivity index (χ0n) is 31.5. The summed E-state index contributed by atoms with van der Waals surface area (Å²) in [7, 11) is -9.00. The minimum Gasteiger partial charge on any atom is -0.456 e. The fourth-order valence-electron chi connectivity index (χ4n) is 7.49. The van der Waals surface area contributed by atoms with E-state index in [1.165, 1.54) is 18.2 Å². The normalized spacial score (nSPS) is 12.7. The molecule has 0 saturated carbocycles. The van der Waals surface area contributed by atoms with Crippen LogP contribution in [0.3, 0.4) is 0 Å². The summed E-state index contributed by atoms with van der Waals surface area (Å²) >= 11 is 0. The van der Waals surface area contributed by atoms with E-state index in [2.05, 4.69) is 55.4 Å². The molecule has 1 aliphatic carbocycles. The van der Waals surface area contributed by atoms with Crippen LogP contribution in [0.2, 0.25) is 0 Å². The van der Waals surface area contributed by atoms with Crippen LogP contribution in [0.15, 0.2) is 105 Å². The minimum absolute atomic E-state index is 0.163. The van der Waals surface area contributed by atoms with E-state index < -0.39 is 20.2 Å². The van der Waals surface area contributed by atoms with Crippen LogP contribution in [0.1, 0.15) is 61.8 Å². The largest absolute Gasteiger partial charge is 0.456 e. The number of hydrogen-bond donors (Lipinski definition) is 2. The molecule has 0 amide bonds. The summed E-state index contributed by atoms with van der Waals surface area (Å²) in [6.07, 6.45) is 3.73. The molecule has 54 heavy (non-hydrogen) atoms. The summed E-state index contributed by atoms with van der Waals surface area (Å²) < 4.78 is 78.8. The van der Waals surface area contributed by atoms with Gasteiger partial charge in [0.1, 0.15) is 22.8 Å². The number of rotatable bonds is 12. The van der Waals surface area contributed by atoms with Crippen molar-refractivity contribution in [1.82, 2.24) is 4.58 Å². The number of fused-ring (bicyclic) bond motifs is 2. The van der Waals surface area contributed by atoms with Crippen molar-refractivity contribution in [1.29, 1.82) is 0 Å². The molecule has 2 N–H and O–H groups in total. The van der Waals surface area contributed by atoms with Crippen molar-refractivity contribution in [2.75, 3.05) is 18.0 Å². The number of hydrogen-bond acceptors (Lipinski definition) is 6. The summed E-state index contributed by atoms with van der Waals surface area (Å²) in [6.45, 7) is 13.5. The average molecular weight is 768 g/mol. The second-order valence-electron chi connectivity index (χ2n) is 13.9. The molecule has 0 radical (unpaired) electrons. The van der Waals surface area contributed by atoms with E-state index in [0.717, 1.165) is 65.8 Å². The lowest BCUT2D eigenvalue weighted by Crippen LogP contribution is -2.28. The van der Waals surface area contributed by atoms with Crippen LogP contribution in [0.4, 0.5) is 17.1 Å². The van der Waals surface area contributed by atoms with E-state index in [9.17, 15) is 25.9 Å². The maximum Gasteiger partial charge on any atom is 0.295 e. The van der Waals surface area contributed by atoms with Crippen LogP contribution in [0.25, 0.3) is 33.4 Å². The molecule has 1 heterocycles. The van der Waals surface area contributed by atoms with Gasteiger partial charge in [0, 0.05) is 69.7 Å². The lowest BCUT2D eigenvalue weighted by Gasteiger charge is -2.29. The Hall–Kier alpha value is -4.81. The maximum atomic E-state index is 12.8. The van der Waals surface area contributed by atoms with Crippen molar-refractivity contribution in [3.05, 3.63) is 119 Å². The van der Waals surface area contributed by atoms with Gasteiger partial charge in [-0.05, 0) is 81.6 Å². The summed E-state index contributed by atoms with van der Waals surface area (Å²) in [5.41, 5.74) is 8.67. The highest BCUT2D eigenvalue weighted by molar-refractivity contribution is 7.86. The predicted octanol–water partition coefficient (Wildman–Crippen LogP) is 9.77. The first-order chi connectivity index (χ1) is 25.6. The number of nitrogens with zero attached hydrogens (tertiary/aromatic N) is 2. The van der Waals surface area contributed by atoms with Crippen LogP contribution < -0.4 is 14.8 Å². The lowest BCUT2D eigenvalue weighted by molar-refractivity contribution is 0.481. The highest BCUT2D eigenvalue weighted by Crippen LogP contribution is 2.44. The number of benzene rings is 5. The second-order valence-corrected chi connectivity index (χ2v) is 16.8. The van der Waals surface area contributed by atoms with E-state index in [4.69, 9.17) is 4.42 Å². The molecule has 0 saturated heterocycles. The van der Waals surface area contributed by atoms with Gasteiger partial charge < -0.3 is 9.32 Å². The number of anilines is 2. The van der Waals surface area contributed by atoms with Crippen molar-refractivity contribution >= 4 is 48.3 Å². The molecule has 0 atom stereocenters. The summed E-state index contributed by atoms with van der Waals surface area (Å²) in [4.78, 5) is 1.94. The summed E-state index contributed by atoms with van der Waals surface area (Å²) in [5.74, 6) is 0.496. The molecule has 9 nitrogen and oxygen atoms in total. The van der Waals surface area contributed by atoms with E-state index >= 15 is 0 Å². The summed E-state index contributed by atoms with van der Waals surface area (Å²) in [6, 6.07) is 27.4. The van der Waals surface area contributed by atoms with Crippen molar-refractivity contribution in [3.63, 3.8) is 0 Å². The molecular formula is C43H47N2O7S2+. The van der Waals surface area contributed by atoms with Gasteiger partial charge in [0.2, 0.25) is 11.0 Å². The van der Waals surface area contributed by atoms with Gasteiger partial charge in [-0.1, -0.05) is 63.1 Å². The Bertz CT molecular complexity index is 2600. The molecule has 1 aliphatic heterocycles. The zero-order valence-corrected chi connectivity index (χ0v) is 33.2. The smallest absolute Gasteiger partial charge is 0.295 e. The number of aryl methyl sites for hydroxylation is 4. The van der Waals surface area contributed by atoms with Crippen molar-refractivity contribution in [2.45, 2.75) is 77.0 Å². The third kappa shape index (κ3) is 7.72. The Morgan fingerprint density at radius 1 is 0.685 bits per heavy atom. The molecule has 2 aliphatic rings. The highest BCUT2D eigenvalue weighted by atomic mass is 32.2. The predicted molar refractivity (Wildman–Crippen MR) is 216 cm³/mol. The van der Waals surface area contributed by atoms with Gasteiger partial charge in [0.15, 0.2) is 0 Å². The third-order valence-corrected chi connectivity index (χ3v) is 11.7. The Labute approximate surface area is 318 Å². The first-order valence-electron chi connectivity index (χ1n) is 18.2. The molecular weight excluding hydrogens is 721 g/mol. The zero-order chi connectivity index (χ0) is 38.9. The van der Waals surface area contributed by atoms with Gasteiger partial charge in [-0.2, -0.15) is 21.4 Å². The molecule has 0 spiro atoms. The molecule has 0 unspecified atom stereocenters. The van der Waals surface area contributed by atoms with Crippen LogP contribution in [0, 0.1) is 27.7 Å². The van der Waals surface area contributed by atoms with Crippen LogP contribution >= 0.6 is 0 Å². The summed E-state index contributed by atoms with van der Waals surface area (Å²) in [5, 5.41) is 1.47. The van der Waals surface area contributed by atoms with Gasteiger partial charge in [-0.15, -0.1) is 0 Å². The van der Waals surface area contributed by atoms with Gasteiger partial charge in [0.25, 0.3) is 20.2 Å². The highest BCUT2D eigenvalue weighted by Gasteiger charge is 2.27. The average Bonchev–Trinajstić information content (AvgIpc) is 3.11. The fourth-order valence-corrected chi connectivity index (χ4v) is 8.84. The molecule has 6 rings (SSSR count). The monoisotopic (exact) mass is 767 g/mol. The van der Waals surface area contributed by atoms with E-state index in [1.807, 2.05) is 50.2 Å². The Balaban J connectivity index is 1.71. The molecule has 4 aromatic carbocycles. The van der Waals surface area contributed by atoms with Gasteiger partial charge >= 0.3 is 0 Å². The first kappa shape index (κ1) is 38.9. The quantitative estimate of drug-likeness (QED) is 0.0716. The van der Waals surface area contributed by atoms with Crippen LogP contribution in [-0.4, -0.2) is 39.0 Å². The standard InChI is InChI=1S/C43H46N2O7S2/c1-7-9-22-44(42-28(3)14-13-15-29(42)4)32-18-20-35-38(26-32)52-39-27-33(19-21-36(39)41(35)37-16-11-12-17-40(37)54(49,50)51)45(23-10-8-2)43-30(5)24-34(25-31(43)6)53(46,47)48/h11-21,24-27H,7-10,22-23H2,1-6H3,(H-,46,47,48,49,50,51)/p+1. The van der Waals surface area contributed by atoms with Gasteiger partial charge in [-0.3, -0.25) is 9.11 Å². The van der Waals surface area contributed by atoms with Crippen molar-refractivity contribution < 1.29 is 30.4 Å². The minimum atomic E-state index is -4.60. The fraction of sp³-hybridized carbons (Fsp3) is 0.279. The molecule has 0 aromatic heterocycles. The van der Waals surface area contributed by atoms with E-state index in [0.29, 0.717) is 51.1 Å². The molecule has 0 bridgehead atoms. The van der Waals surface area contributed by atoms with Crippen LogP contribution in [-0.2, 0) is 20.2 Å². The Morgan fingerprint density at radius 3 is 1.98 bits per heavy atom. The second kappa shape index (κ2) is 15.5. The van der Waals surface area contributed by atoms with E-state index in [1.54, 1.807) is 18.2 Å². The maximum absolute atomic E-state index is 12.8.